The summed E-state index contributed by atoms with van der Waals surface area (Å²) in [5.74, 6) is 0.441. The van der Waals surface area contributed by atoms with Gasteiger partial charge in [-0.15, -0.1) is 11.8 Å². The lowest BCUT2D eigenvalue weighted by atomic mass is 10.3. The topological polar surface area (TPSA) is 38.3 Å². The number of carbonyl (C=O) groups is 1. The largest absolute Gasteiger partial charge is 0.383 e. The maximum atomic E-state index is 12.7. The molecule has 100 valence electrons. The Balaban J connectivity index is 2.21. The molecule has 0 saturated carbocycles. The first-order chi connectivity index (χ1) is 8.61. The van der Waals surface area contributed by atoms with Gasteiger partial charge in [-0.25, -0.2) is 4.39 Å². The molecule has 0 aliphatic carbocycles. The summed E-state index contributed by atoms with van der Waals surface area (Å²) in [5.41, 5.74) is 0. The lowest BCUT2D eigenvalue weighted by Gasteiger charge is -2.12. The van der Waals surface area contributed by atoms with E-state index in [0.717, 1.165) is 4.90 Å². The molecule has 0 saturated heterocycles. The Morgan fingerprint density at radius 2 is 2.11 bits per heavy atom. The van der Waals surface area contributed by atoms with Crippen LogP contribution in [-0.4, -0.2) is 31.4 Å². The van der Waals surface area contributed by atoms with Crippen LogP contribution in [-0.2, 0) is 9.53 Å². The number of hydrogen-bond acceptors (Lipinski definition) is 3. The smallest absolute Gasteiger partial charge is 0.221 e. The van der Waals surface area contributed by atoms with Crippen molar-refractivity contribution in [2.24, 2.45) is 0 Å². The van der Waals surface area contributed by atoms with Gasteiger partial charge in [0.05, 0.1) is 6.61 Å². The van der Waals surface area contributed by atoms with Crippen molar-refractivity contribution >= 4 is 17.7 Å². The first-order valence-corrected chi connectivity index (χ1v) is 6.77. The van der Waals surface area contributed by atoms with Crippen LogP contribution in [0.5, 0.6) is 0 Å². The number of thioether (sulfide) groups is 1. The van der Waals surface area contributed by atoms with Gasteiger partial charge in [0, 0.05) is 30.2 Å². The molecule has 1 atom stereocenters. The highest BCUT2D eigenvalue weighted by atomic mass is 32.2. The summed E-state index contributed by atoms with van der Waals surface area (Å²) in [6.07, 6.45) is 0.441. The number of carbonyl (C=O) groups excluding carboxylic acids is 1. The van der Waals surface area contributed by atoms with Crippen molar-refractivity contribution in [1.82, 2.24) is 5.32 Å². The monoisotopic (exact) mass is 271 g/mol. The average Bonchev–Trinajstić information content (AvgIpc) is 2.32. The molecule has 5 heteroatoms. The first-order valence-electron chi connectivity index (χ1n) is 5.78. The van der Waals surface area contributed by atoms with Crippen LogP contribution in [0.1, 0.15) is 13.3 Å². The van der Waals surface area contributed by atoms with Crippen LogP contribution in [0.4, 0.5) is 4.39 Å². The van der Waals surface area contributed by atoms with Gasteiger partial charge in [0.1, 0.15) is 5.82 Å². The van der Waals surface area contributed by atoms with Gasteiger partial charge in [0.15, 0.2) is 0 Å². The van der Waals surface area contributed by atoms with Gasteiger partial charge in [0.2, 0.25) is 5.91 Å². The van der Waals surface area contributed by atoms with Gasteiger partial charge < -0.3 is 10.1 Å². The van der Waals surface area contributed by atoms with E-state index in [1.165, 1.54) is 23.9 Å². The molecule has 1 rings (SSSR count). The number of amides is 1. The van der Waals surface area contributed by atoms with Crippen LogP contribution in [0.2, 0.25) is 0 Å². The Morgan fingerprint density at radius 1 is 1.44 bits per heavy atom. The second kappa shape index (κ2) is 8.11. The number of ether oxygens (including phenoxy) is 1. The Hall–Kier alpha value is -1.07. The van der Waals surface area contributed by atoms with E-state index < -0.39 is 0 Å². The molecule has 1 amide bonds. The fourth-order valence-electron chi connectivity index (χ4n) is 1.43. The summed E-state index contributed by atoms with van der Waals surface area (Å²) in [6.45, 7) is 2.41. The van der Waals surface area contributed by atoms with Crippen molar-refractivity contribution in [3.8, 4) is 0 Å². The molecule has 0 aromatic heterocycles. The third-order valence-corrected chi connectivity index (χ3v) is 3.25. The Kier molecular flexibility index (Phi) is 6.75. The van der Waals surface area contributed by atoms with Crippen molar-refractivity contribution in [2.45, 2.75) is 24.3 Å². The molecule has 0 aliphatic rings. The van der Waals surface area contributed by atoms with Crippen molar-refractivity contribution < 1.29 is 13.9 Å². The minimum absolute atomic E-state index is 0.00848. The number of rotatable bonds is 7. The molecule has 0 heterocycles. The Morgan fingerprint density at radius 3 is 2.72 bits per heavy atom. The first kappa shape index (κ1) is 15.0. The van der Waals surface area contributed by atoms with Crippen LogP contribution < -0.4 is 5.32 Å². The normalized spacial score (nSPS) is 12.2. The second-order valence-corrected chi connectivity index (χ2v) is 5.14. The molecule has 1 N–H and O–H groups in total. The van der Waals surface area contributed by atoms with Crippen molar-refractivity contribution in [2.75, 3.05) is 19.5 Å². The molecule has 18 heavy (non-hydrogen) atoms. The van der Waals surface area contributed by atoms with Gasteiger partial charge in [-0.3, -0.25) is 4.79 Å². The van der Waals surface area contributed by atoms with Crippen LogP contribution in [0.15, 0.2) is 29.2 Å². The number of hydrogen-bond donors (Lipinski definition) is 1. The fraction of sp³-hybridized carbons (Fsp3) is 0.462. The summed E-state index contributed by atoms with van der Waals surface area (Å²) >= 11 is 1.54. The van der Waals surface area contributed by atoms with E-state index >= 15 is 0 Å². The van der Waals surface area contributed by atoms with Crippen molar-refractivity contribution in [1.29, 1.82) is 0 Å². The van der Waals surface area contributed by atoms with E-state index in [0.29, 0.717) is 18.8 Å². The maximum Gasteiger partial charge on any atom is 0.221 e. The van der Waals surface area contributed by atoms with Gasteiger partial charge in [-0.1, -0.05) is 0 Å². The highest BCUT2D eigenvalue weighted by Gasteiger charge is 2.06. The third kappa shape index (κ3) is 6.02. The quantitative estimate of drug-likeness (QED) is 0.774. The summed E-state index contributed by atoms with van der Waals surface area (Å²) < 4.78 is 17.6. The molecular formula is C13H18FNO2S. The molecule has 0 radical (unpaired) electrons. The lowest BCUT2D eigenvalue weighted by molar-refractivity contribution is -0.121. The molecule has 0 unspecified atom stereocenters. The van der Waals surface area contributed by atoms with Crippen LogP contribution in [0.25, 0.3) is 0 Å². The van der Waals surface area contributed by atoms with Gasteiger partial charge in [0.25, 0.3) is 0 Å². The number of nitrogens with one attached hydrogen (secondary N) is 1. The Bertz CT molecular complexity index is 370. The highest BCUT2D eigenvalue weighted by Crippen LogP contribution is 2.18. The molecule has 0 bridgehead atoms. The lowest BCUT2D eigenvalue weighted by Crippen LogP contribution is -2.35. The summed E-state index contributed by atoms with van der Waals surface area (Å²) in [6, 6.07) is 6.29. The van der Waals surface area contributed by atoms with Crippen LogP contribution in [0, 0.1) is 5.82 Å². The zero-order valence-corrected chi connectivity index (χ0v) is 11.4. The predicted octanol–water partition coefficient (Wildman–Crippen LogP) is 2.46. The average molecular weight is 271 g/mol. The molecule has 1 aromatic rings. The zero-order valence-electron chi connectivity index (χ0n) is 10.6. The SMILES string of the molecule is COC[C@@H](C)NC(=O)CCSc1ccc(F)cc1. The van der Waals surface area contributed by atoms with Gasteiger partial charge >= 0.3 is 0 Å². The summed E-state index contributed by atoms with van der Waals surface area (Å²) in [7, 11) is 1.60. The van der Waals surface area contributed by atoms with E-state index in [1.807, 2.05) is 6.92 Å². The second-order valence-electron chi connectivity index (χ2n) is 3.98. The zero-order chi connectivity index (χ0) is 13.4. The van der Waals surface area contributed by atoms with E-state index in [9.17, 15) is 9.18 Å². The van der Waals surface area contributed by atoms with Crippen molar-refractivity contribution in [3.05, 3.63) is 30.1 Å². The van der Waals surface area contributed by atoms with Crippen LogP contribution in [0.3, 0.4) is 0 Å². The number of benzene rings is 1. The third-order valence-electron chi connectivity index (χ3n) is 2.24. The van der Waals surface area contributed by atoms with Crippen LogP contribution >= 0.6 is 11.8 Å². The van der Waals surface area contributed by atoms with E-state index in [1.54, 1.807) is 19.2 Å². The molecular weight excluding hydrogens is 253 g/mol. The number of halogens is 1. The van der Waals surface area contributed by atoms with E-state index in [2.05, 4.69) is 5.32 Å². The molecule has 3 nitrogen and oxygen atoms in total. The highest BCUT2D eigenvalue weighted by molar-refractivity contribution is 7.99. The summed E-state index contributed by atoms with van der Waals surface area (Å²) in [4.78, 5) is 12.5. The molecule has 0 spiro atoms. The van der Waals surface area contributed by atoms with Gasteiger partial charge in [-0.2, -0.15) is 0 Å². The van der Waals surface area contributed by atoms with Crippen molar-refractivity contribution in [3.63, 3.8) is 0 Å². The predicted molar refractivity (Wildman–Crippen MR) is 71.2 cm³/mol. The maximum absolute atomic E-state index is 12.7. The fourth-order valence-corrected chi connectivity index (χ4v) is 2.28. The standard InChI is InChI=1S/C13H18FNO2S/c1-10(9-17-2)15-13(16)7-8-18-12-5-3-11(14)4-6-12/h3-6,10H,7-9H2,1-2H3,(H,15,16)/t10-/m1/s1. The molecule has 1 aromatic carbocycles. The minimum Gasteiger partial charge on any atom is -0.383 e. The Labute approximate surface area is 111 Å². The van der Waals surface area contributed by atoms with E-state index in [-0.39, 0.29) is 17.8 Å². The van der Waals surface area contributed by atoms with Gasteiger partial charge in [-0.05, 0) is 31.2 Å². The molecule has 0 fully saturated rings. The minimum atomic E-state index is -0.245. The number of methoxy groups -OCH3 is 1. The molecule has 0 aliphatic heterocycles. The van der Waals surface area contributed by atoms with E-state index in [4.69, 9.17) is 4.74 Å². The summed E-state index contributed by atoms with van der Waals surface area (Å²) in [5, 5.41) is 2.84.